The molecule has 108 valence electrons. The van der Waals surface area contributed by atoms with E-state index in [4.69, 9.17) is 17.3 Å². The molecule has 0 aromatic heterocycles. The molecule has 1 rings (SSSR count). The van der Waals surface area contributed by atoms with Crippen molar-refractivity contribution in [3.63, 3.8) is 0 Å². The second kappa shape index (κ2) is 8.44. The first kappa shape index (κ1) is 16.3. The number of hydrogen-bond acceptors (Lipinski definition) is 2. The first-order chi connectivity index (χ1) is 9.15. The van der Waals surface area contributed by atoms with Crippen LogP contribution in [0.1, 0.15) is 39.2 Å². The van der Waals surface area contributed by atoms with Gasteiger partial charge in [-0.25, -0.2) is 0 Å². The molecule has 0 radical (unpaired) electrons. The van der Waals surface area contributed by atoms with Crippen molar-refractivity contribution in [2.45, 2.75) is 40.0 Å². The molecular weight excluding hydrogens is 256 g/mol. The molecule has 0 atom stereocenters. The smallest absolute Gasteiger partial charge is 0.0642 e. The van der Waals surface area contributed by atoms with Crippen molar-refractivity contribution in [2.75, 3.05) is 24.5 Å². The van der Waals surface area contributed by atoms with E-state index >= 15 is 0 Å². The summed E-state index contributed by atoms with van der Waals surface area (Å²) in [5, 5.41) is 0.846. The molecule has 0 saturated carbocycles. The highest BCUT2D eigenvalue weighted by Crippen LogP contribution is 2.28. The highest BCUT2D eigenvalue weighted by atomic mass is 35.5. The fourth-order valence-corrected chi connectivity index (χ4v) is 2.71. The maximum Gasteiger partial charge on any atom is 0.0642 e. The Morgan fingerprint density at radius 2 is 1.89 bits per heavy atom. The Morgan fingerprint density at radius 1 is 1.21 bits per heavy atom. The van der Waals surface area contributed by atoms with Gasteiger partial charge in [0.1, 0.15) is 0 Å². The number of hydrogen-bond donors (Lipinski definition) is 1. The van der Waals surface area contributed by atoms with Crippen LogP contribution in [0.3, 0.4) is 0 Å². The van der Waals surface area contributed by atoms with Gasteiger partial charge in [-0.05, 0) is 43.5 Å². The molecule has 0 amide bonds. The summed E-state index contributed by atoms with van der Waals surface area (Å²) in [5.41, 5.74) is 7.95. The zero-order valence-corrected chi connectivity index (χ0v) is 13.2. The summed E-state index contributed by atoms with van der Waals surface area (Å²) < 4.78 is 0. The Bertz CT molecular complexity index is 375. The molecule has 0 heterocycles. The predicted octanol–water partition coefficient (Wildman–Crippen LogP) is 4.10. The van der Waals surface area contributed by atoms with E-state index in [1.54, 1.807) is 0 Å². The van der Waals surface area contributed by atoms with Gasteiger partial charge in [0.2, 0.25) is 0 Å². The van der Waals surface area contributed by atoms with Crippen molar-refractivity contribution in [2.24, 2.45) is 11.7 Å². The number of halogens is 1. The monoisotopic (exact) mass is 282 g/mol. The minimum absolute atomic E-state index is 0.668. The fourth-order valence-electron chi connectivity index (χ4n) is 2.39. The summed E-state index contributed by atoms with van der Waals surface area (Å²) in [7, 11) is 0. The van der Waals surface area contributed by atoms with E-state index in [0.29, 0.717) is 6.54 Å². The molecule has 0 fully saturated rings. The average molecular weight is 283 g/mol. The predicted molar refractivity (Wildman–Crippen MR) is 86.2 cm³/mol. The second-order valence-electron chi connectivity index (χ2n) is 5.05. The number of nitrogens with zero attached hydrogens (tertiary/aromatic N) is 1. The van der Waals surface area contributed by atoms with Gasteiger partial charge in [0.05, 0.1) is 10.7 Å². The lowest BCUT2D eigenvalue weighted by Crippen LogP contribution is -2.29. The summed E-state index contributed by atoms with van der Waals surface area (Å²) in [6.45, 7) is 9.45. The topological polar surface area (TPSA) is 29.3 Å². The van der Waals surface area contributed by atoms with Crippen LogP contribution in [0.2, 0.25) is 5.02 Å². The van der Waals surface area contributed by atoms with E-state index < -0.39 is 0 Å². The molecule has 0 bridgehead atoms. The fraction of sp³-hybridized carbons (Fsp3) is 0.625. The van der Waals surface area contributed by atoms with E-state index in [0.717, 1.165) is 36.1 Å². The van der Waals surface area contributed by atoms with Crippen LogP contribution in [0.25, 0.3) is 0 Å². The largest absolute Gasteiger partial charge is 0.370 e. The van der Waals surface area contributed by atoms with Crippen molar-refractivity contribution in [3.05, 3.63) is 28.8 Å². The molecular formula is C16H27ClN2. The van der Waals surface area contributed by atoms with E-state index in [9.17, 15) is 0 Å². The van der Waals surface area contributed by atoms with E-state index in [1.165, 1.54) is 18.4 Å². The lowest BCUT2D eigenvalue weighted by atomic mass is 10.0. The van der Waals surface area contributed by atoms with Crippen molar-refractivity contribution in [3.8, 4) is 0 Å². The van der Waals surface area contributed by atoms with Crippen LogP contribution in [0.15, 0.2) is 18.2 Å². The lowest BCUT2D eigenvalue weighted by molar-refractivity contribution is 0.486. The molecule has 0 saturated heterocycles. The molecule has 1 aromatic rings. The zero-order chi connectivity index (χ0) is 14.3. The minimum Gasteiger partial charge on any atom is -0.370 e. The quantitative estimate of drug-likeness (QED) is 0.778. The first-order valence-corrected chi connectivity index (χ1v) is 7.77. The summed E-state index contributed by atoms with van der Waals surface area (Å²) >= 11 is 6.43. The summed E-state index contributed by atoms with van der Waals surface area (Å²) in [6, 6.07) is 6.34. The van der Waals surface area contributed by atoms with E-state index in [1.807, 2.05) is 0 Å². The van der Waals surface area contributed by atoms with Crippen LogP contribution in [0.5, 0.6) is 0 Å². The Morgan fingerprint density at radius 3 is 2.37 bits per heavy atom. The van der Waals surface area contributed by atoms with Gasteiger partial charge in [-0.1, -0.05) is 44.4 Å². The van der Waals surface area contributed by atoms with Crippen molar-refractivity contribution in [1.82, 2.24) is 0 Å². The van der Waals surface area contributed by atoms with E-state index in [-0.39, 0.29) is 0 Å². The number of anilines is 1. The Kier molecular flexibility index (Phi) is 7.25. The number of benzene rings is 1. The molecule has 0 aliphatic rings. The van der Waals surface area contributed by atoms with Crippen LogP contribution in [-0.4, -0.2) is 19.6 Å². The molecule has 2 N–H and O–H groups in total. The maximum absolute atomic E-state index is 6.43. The summed E-state index contributed by atoms with van der Waals surface area (Å²) in [4.78, 5) is 2.38. The molecule has 0 spiro atoms. The minimum atomic E-state index is 0.668. The van der Waals surface area contributed by atoms with Gasteiger partial charge in [0.25, 0.3) is 0 Å². The number of nitrogens with two attached hydrogens (primary N) is 1. The normalized spacial score (nSPS) is 11.1. The van der Waals surface area contributed by atoms with Gasteiger partial charge >= 0.3 is 0 Å². The van der Waals surface area contributed by atoms with Gasteiger partial charge in [-0.3, -0.25) is 0 Å². The average Bonchev–Trinajstić information content (AvgIpc) is 2.42. The lowest BCUT2D eigenvalue weighted by Gasteiger charge is -2.28. The molecule has 3 heteroatoms. The maximum atomic E-state index is 6.43. The van der Waals surface area contributed by atoms with Crippen LogP contribution in [0.4, 0.5) is 5.69 Å². The molecule has 2 nitrogen and oxygen atoms in total. The first-order valence-electron chi connectivity index (χ1n) is 7.39. The molecule has 19 heavy (non-hydrogen) atoms. The van der Waals surface area contributed by atoms with Crippen molar-refractivity contribution < 1.29 is 0 Å². The Labute approximate surface area is 122 Å². The second-order valence-corrected chi connectivity index (χ2v) is 5.45. The van der Waals surface area contributed by atoms with Crippen molar-refractivity contribution in [1.29, 1.82) is 0 Å². The van der Waals surface area contributed by atoms with Crippen LogP contribution in [0, 0.1) is 5.92 Å². The number of rotatable bonds is 8. The Hall–Kier alpha value is -0.730. The van der Waals surface area contributed by atoms with Gasteiger partial charge in [0.15, 0.2) is 0 Å². The van der Waals surface area contributed by atoms with Gasteiger partial charge in [0, 0.05) is 13.1 Å². The molecule has 0 aliphatic carbocycles. The third-order valence-electron chi connectivity index (χ3n) is 3.80. The third kappa shape index (κ3) is 4.70. The highest BCUT2D eigenvalue weighted by Gasteiger charge is 2.13. The van der Waals surface area contributed by atoms with Crippen LogP contribution in [-0.2, 0) is 6.42 Å². The van der Waals surface area contributed by atoms with Crippen molar-refractivity contribution >= 4 is 17.3 Å². The van der Waals surface area contributed by atoms with Crippen LogP contribution >= 0.6 is 11.6 Å². The van der Waals surface area contributed by atoms with E-state index in [2.05, 4.69) is 43.9 Å². The van der Waals surface area contributed by atoms with Crippen LogP contribution < -0.4 is 10.6 Å². The zero-order valence-electron chi connectivity index (χ0n) is 12.5. The molecule has 0 aliphatic heterocycles. The highest BCUT2D eigenvalue weighted by molar-refractivity contribution is 6.33. The molecule has 0 unspecified atom stereocenters. The summed E-state index contributed by atoms with van der Waals surface area (Å²) in [5.74, 6) is 0.736. The van der Waals surface area contributed by atoms with Gasteiger partial charge < -0.3 is 10.6 Å². The standard InChI is InChI=1S/C16H27ClN2/c1-4-13(5-2)12-19(6-3)16-8-7-14(9-10-18)11-15(16)17/h7-8,11,13H,4-6,9-10,12,18H2,1-3H3. The third-order valence-corrected chi connectivity index (χ3v) is 4.10. The molecule has 1 aromatic carbocycles. The van der Waals surface area contributed by atoms with Gasteiger partial charge in [-0.2, -0.15) is 0 Å². The SMILES string of the molecule is CCC(CC)CN(CC)c1ccc(CCN)cc1Cl. The Balaban J connectivity index is 2.86. The summed E-state index contributed by atoms with van der Waals surface area (Å²) in [6.07, 6.45) is 3.32. The van der Waals surface area contributed by atoms with Gasteiger partial charge in [-0.15, -0.1) is 0 Å².